The molecule has 1 N–H and O–H groups in total. The van der Waals surface area contributed by atoms with E-state index in [-0.39, 0.29) is 17.5 Å². The largest absolute Gasteiger partial charge is 0.459 e. The first-order chi connectivity index (χ1) is 8.64. The maximum absolute atomic E-state index is 11.8. The molecule has 1 fully saturated rings. The number of hydrogen-bond acceptors (Lipinski definition) is 4. The molecular weight excluding hydrogens is 250 g/mol. The van der Waals surface area contributed by atoms with Crippen LogP contribution in [-0.4, -0.2) is 26.5 Å². The van der Waals surface area contributed by atoms with Crippen LogP contribution < -0.4 is 5.32 Å². The first-order valence-electron chi connectivity index (χ1n) is 6.06. The molecule has 4 nitrogen and oxygen atoms in total. The number of fused-ring (bicyclic) bond motifs is 1. The summed E-state index contributed by atoms with van der Waals surface area (Å²) >= 11 is 0. The maximum atomic E-state index is 11.8. The molecule has 0 saturated carbocycles. The zero-order valence-corrected chi connectivity index (χ0v) is 10.7. The van der Waals surface area contributed by atoms with Crippen LogP contribution in [-0.2, 0) is 9.84 Å². The minimum atomic E-state index is -2.98. The topological polar surface area (TPSA) is 59.3 Å². The summed E-state index contributed by atoms with van der Waals surface area (Å²) in [5.74, 6) is 1.09. The third-order valence-corrected chi connectivity index (χ3v) is 4.98. The summed E-state index contributed by atoms with van der Waals surface area (Å²) in [4.78, 5) is 0. The Morgan fingerprint density at radius 1 is 1.28 bits per heavy atom. The van der Waals surface area contributed by atoms with Crippen LogP contribution in [0.4, 0.5) is 0 Å². The SMILES string of the molecule is O=S1(=O)CCCNC(c2cc3ccccc3o2)C1. The number of rotatable bonds is 1. The number of hydrogen-bond donors (Lipinski definition) is 1. The zero-order chi connectivity index (χ0) is 12.6. The van der Waals surface area contributed by atoms with Crippen molar-refractivity contribution >= 4 is 20.8 Å². The summed E-state index contributed by atoms with van der Waals surface area (Å²) < 4.78 is 29.3. The van der Waals surface area contributed by atoms with Crippen LogP contribution in [0.15, 0.2) is 34.7 Å². The number of para-hydroxylation sites is 1. The highest BCUT2D eigenvalue weighted by atomic mass is 32.2. The fourth-order valence-corrected chi connectivity index (χ4v) is 3.86. The summed E-state index contributed by atoms with van der Waals surface area (Å²) in [5.41, 5.74) is 0.802. The highest BCUT2D eigenvalue weighted by molar-refractivity contribution is 7.91. The van der Waals surface area contributed by atoms with Crippen molar-refractivity contribution in [3.8, 4) is 0 Å². The fraction of sp³-hybridized carbons (Fsp3) is 0.385. The lowest BCUT2D eigenvalue weighted by Gasteiger charge is -2.11. The van der Waals surface area contributed by atoms with Gasteiger partial charge in [0.2, 0.25) is 0 Å². The van der Waals surface area contributed by atoms with Crippen molar-refractivity contribution in [2.75, 3.05) is 18.1 Å². The Balaban J connectivity index is 1.97. The van der Waals surface area contributed by atoms with Gasteiger partial charge in [-0.3, -0.25) is 0 Å². The molecule has 2 heterocycles. The predicted octanol–water partition coefficient (Wildman–Crippen LogP) is 1.88. The van der Waals surface area contributed by atoms with Gasteiger partial charge in [0.05, 0.1) is 17.5 Å². The maximum Gasteiger partial charge on any atom is 0.152 e. The van der Waals surface area contributed by atoms with Crippen LogP contribution in [0.1, 0.15) is 18.2 Å². The summed E-state index contributed by atoms with van der Waals surface area (Å²) in [6, 6.07) is 9.40. The molecule has 0 spiro atoms. The molecule has 96 valence electrons. The van der Waals surface area contributed by atoms with Crippen LogP contribution >= 0.6 is 0 Å². The number of nitrogens with one attached hydrogen (secondary N) is 1. The summed E-state index contributed by atoms with van der Waals surface area (Å²) in [5, 5.41) is 4.25. The van der Waals surface area contributed by atoms with E-state index in [0.29, 0.717) is 18.7 Å². The molecule has 0 aliphatic carbocycles. The van der Waals surface area contributed by atoms with Crippen LogP contribution in [0, 0.1) is 0 Å². The van der Waals surface area contributed by atoms with Gasteiger partial charge < -0.3 is 9.73 Å². The Morgan fingerprint density at radius 2 is 2.11 bits per heavy atom. The van der Waals surface area contributed by atoms with Gasteiger partial charge in [0.1, 0.15) is 11.3 Å². The van der Waals surface area contributed by atoms with Gasteiger partial charge in [-0.15, -0.1) is 0 Å². The van der Waals surface area contributed by atoms with Crippen molar-refractivity contribution in [1.29, 1.82) is 0 Å². The normalized spacial score (nSPS) is 23.9. The van der Waals surface area contributed by atoms with E-state index in [4.69, 9.17) is 4.42 Å². The molecule has 2 aromatic rings. The molecular formula is C13H15NO3S. The molecule has 0 amide bonds. The number of furan rings is 1. The average molecular weight is 265 g/mol. The molecule has 1 aliphatic rings. The van der Waals surface area contributed by atoms with Gasteiger partial charge in [-0.25, -0.2) is 8.42 Å². The van der Waals surface area contributed by atoms with E-state index in [2.05, 4.69) is 5.32 Å². The van der Waals surface area contributed by atoms with Gasteiger partial charge in [0.25, 0.3) is 0 Å². The molecule has 18 heavy (non-hydrogen) atoms. The zero-order valence-electron chi connectivity index (χ0n) is 9.93. The molecule has 3 rings (SSSR count). The first-order valence-corrected chi connectivity index (χ1v) is 7.88. The monoisotopic (exact) mass is 265 g/mol. The molecule has 1 aromatic carbocycles. The van der Waals surface area contributed by atoms with E-state index in [1.165, 1.54) is 0 Å². The summed E-state index contributed by atoms with van der Waals surface area (Å²) in [6.45, 7) is 0.709. The quantitative estimate of drug-likeness (QED) is 0.855. The van der Waals surface area contributed by atoms with Crippen molar-refractivity contribution in [3.63, 3.8) is 0 Å². The van der Waals surface area contributed by atoms with Crippen molar-refractivity contribution in [2.24, 2.45) is 0 Å². The van der Waals surface area contributed by atoms with E-state index in [1.807, 2.05) is 30.3 Å². The summed E-state index contributed by atoms with van der Waals surface area (Å²) in [7, 11) is -2.98. The molecule has 1 atom stereocenters. The van der Waals surface area contributed by atoms with Crippen LogP contribution in [0.25, 0.3) is 11.0 Å². The predicted molar refractivity (Wildman–Crippen MR) is 70.2 cm³/mol. The third kappa shape index (κ3) is 2.28. The smallest absolute Gasteiger partial charge is 0.152 e. The van der Waals surface area contributed by atoms with Gasteiger partial charge in [-0.1, -0.05) is 18.2 Å². The van der Waals surface area contributed by atoms with Gasteiger partial charge >= 0.3 is 0 Å². The Labute approximate surface area is 106 Å². The Bertz CT molecular complexity index is 627. The van der Waals surface area contributed by atoms with Gasteiger partial charge in [-0.2, -0.15) is 0 Å². The van der Waals surface area contributed by atoms with E-state index in [9.17, 15) is 8.42 Å². The van der Waals surface area contributed by atoms with E-state index < -0.39 is 9.84 Å². The fourth-order valence-electron chi connectivity index (χ4n) is 2.32. The molecule has 1 saturated heterocycles. The van der Waals surface area contributed by atoms with Crippen LogP contribution in [0.2, 0.25) is 0 Å². The molecule has 1 aliphatic heterocycles. The van der Waals surface area contributed by atoms with Crippen LogP contribution in [0.3, 0.4) is 0 Å². The van der Waals surface area contributed by atoms with Crippen molar-refractivity contribution in [3.05, 3.63) is 36.1 Å². The molecule has 1 aromatic heterocycles. The summed E-state index contributed by atoms with van der Waals surface area (Å²) in [6.07, 6.45) is 0.666. The van der Waals surface area contributed by atoms with Gasteiger partial charge in [0, 0.05) is 5.39 Å². The molecule has 1 unspecified atom stereocenters. The Morgan fingerprint density at radius 3 is 2.94 bits per heavy atom. The number of sulfone groups is 1. The minimum Gasteiger partial charge on any atom is -0.459 e. The lowest BCUT2D eigenvalue weighted by atomic mass is 10.2. The highest BCUT2D eigenvalue weighted by Crippen LogP contribution is 2.25. The van der Waals surface area contributed by atoms with Crippen molar-refractivity contribution < 1.29 is 12.8 Å². The van der Waals surface area contributed by atoms with E-state index >= 15 is 0 Å². The van der Waals surface area contributed by atoms with E-state index in [1.54, 1.807) is 0 Å². The lowest BCUT2D eigenvalue weighted by Crippen LogP contribution is -2.24. The molecule has 0 bridgehead atoms. The first kappa shape index (κ1) is 11.7. The third-order valence-electron chi connectivity index (χ3n) is 3.23. The van der Waals surface area contributed by atoms with Crippen LogP contribution in [0.5, 0.6) is 0 Å². The number of benzene rings is 1. The van der Waals surface area contributed by atoms with Crippen molar-refractivity contribution in [1.82, 2.24) is 5.32 Å². The average Bonchev–Trinajstić information content (AvgIpc) is 2.68. The Hall–Kier alpha value is -1.33. The van der Waals surface area contributed by atoms with Crippen molar-refractivity contribution in [2.45, 2.75) is 12.5 Å². The van der Waals surface area contributed by atoms with Gasteiger partial charge in [0.15, 0.2) is 9.84 Å². The minimum absolute atomic E-state index is 0.118. The highest BCUT2D eigenvalue weighted by Gasteiger charge is 2.25. The lowest BCUT2D eigenvalue weighted by molar-refractivity contribution is 0.457. The molecule has 0 radical (unpaired) electrons. The second kappa shape index (κ2) is 4.40. The van der Waals surface area contributed by atoms with Gasteiger partial charge in [-0.05, 0) is 25.1 Å². The standard InChI is InChI=1S/C13H15NO3S/c15-18(16)7-3-6-14-11(9-18)13-8-10-4-1-2-5-12(10)17-13/h1-2,4-5,8,11,14H,3,6-7,9H2. The van der Waals surface area contributed by atoms with E-state index in [0.717, 1.165) is 11.0 Å². The molecule has 5 heteroatoms. The second-order valence-corrected chi connectivity index (χ2v) is 6.89. The second-order valence-electron chi connectivity index (χ2n) is 4.66. The Kier molecular flexibility index (Phi) is 2.87.